The number of anilines is 1. The molecule has 1 aliphatic rings. The van der Waals surface area contributed by atoms with Crippen LogP contribution in [0.15, 0.2) is 24.3 Å². The molecule has 4 nitrogen and oxygen atoms in total. The molecule has 1 aromatic rings. The highest BCUT2D eigenvalue weighted by Gasteiger charge is 2.17. The number of carbonyl (C=O) groups excluding carboxylic acids is 1. The minimum atomic E-state index is -0.121. The van der Waals surface area contributed by atoms with Crippen LogP contribution in [0.3, 0.4) is 0 Å². The molecular weight excluding hydrogens is 252 g/mol. The van der Waals surface area contributed by atoms with Gasteiger partial charge in [0.05, 0.1) is 12.0 Å². The van der Waals surface area contributed by atoms with Gasteiger partial charge in [-0.15, -0.1) is 0 Å². The van der Waals surface area contributed by atoms with Crippen LogP contribution in [0.25, 0.3) is 0 Å². The van der Waals surface area contributed by atoms with E-state index >= 15 is 0 Å². The van der Waals surface area contributed by atoms with Crippen molar-refractivity contribution in [1.29, 1.82) is 0 Å². The van der Waals surface area contributed by atoms with Crippen molar-refractivity contribution < 1.29 is 9.53 Å². The Bertz CT molecular complexity index is 421. The highest BCUT2D eigenvalue weighted by Crippen LogP contribution is 2.25. The molecule has 0 aromatic heterocycles. The van der Waals surface area contributed by atoms with Gasteiger partial charge in [-0.2, -0.15) is 0 Å². The SMILES string of the molecule is CCC(CN)C(=O)Nc1ccc(OC2CCCC2)cc1. The van der Waals surface area contributed by atoms with Gasteiger partial charge >= 0.3 is 0 Å². The van der Waals surface area contributed by atoms with Crippen LogP contribution in [-0.4, -0.2) is 18.6 Å². The van der Waals surface area contributed by atoms with E-state index in [1.54, 1.807) is 0 Å². The molecule has 1 saturated carbocycles. The first-order valence-corrected chi connectivity index (χ1v) is 7.50. The van der Waals surface area contributed by atoms with E-state index in [2.05, 4.69) is 5.32 Å². The van der Waals surface area contributed by atoms with Crippen molar-refractivity contribution in [3.63, 3.8) is 0 Å². The van der Waals surface area contributed by atoms with Gasteiger partial charge in [-0.05, 0) is 56.4 Å². The standard InChI is InChI=1S/C16H24N2O2/c1-2-12(11-17)16(19)18-13-7-9-15(10-8-13)20-14-5-3-4-6-14/h7-10,12,14H,2-6,11,17H2,1H3,(H,18,19). The van der Waals surface area contributed by atoms with Crippen molar-refractivity contribution in [3.05, 3.63) is 24.3 Å². The first-order valence-electron chi connectivity index (χ1n) is 7.50. The third-order valence-electron chi connectivity index (χ3n) is 3.87. The molecule has 4 heteroatoms. The predicted octanol–water partition coefficient (Wildman–Crippen LogP) is 2.93. The van der Waals surface area contributed by atoms with Crippen molar-refractivity contribution in [2.24, 2.45) is 11.7 Å². The van der Waals surface area contributed by atoms with E-state index in [1.165, 1.54) is 12.8 Å². The second kappa shape index (κ2) is 7.29. The third kappa shape index (κ3) is 3.97. The largest absolute Gasteiger partial charge is 0.490 e. The Labute approximate surface area is 120 Å². The molecule has 1 aromatic carbocycles. The van der Waals surface area contributed by atoms with Gasteiger partial charge in [0, 0.05) is 12.2 Å². The summed E-state index contributed by atoms with van der Waals surface area (Å²) < 4.78 is 5.89. The van der Waals surface area contributed by atoms with Crippen molar-refractivity contribution in [2.75, 3.05) is 11.9 Å². The zero-order valence-electron chi connectivity index (χ0n) is 12.1. The summed E-state index contributed by atoms with van der Waals surface area (Å²) in [6.45, 7) is 2.35. The highest BCUT2D eigenvalue weighted by atomic mass is 16.5. The van der Waals surface area contributed by atoms with Crippen molar-refractivity contribution in [3.8, 4) is 5.75 Å². The van der Waals surface area contributed by atoms with E-state index in [0.717, 1.165) is 30.7 Å². The number of rotatable bonds is 6. The van der Waals surface area contributed by atoms with Crippen molar-refractivity contribution in [1.82, 2.24) is 0 Å². The molecular formula is C16H24N2O2. The summed E-state index contributed by atoms with van der Waals surface area (Å²) in [4.78, 5) is 11.9. The quantitative estimate of drug-likeness (QED) is 0.839. The van der Waals surface area contributed by atoms with Crippen LogP contribution in [-0.2, 0) is 4.79 Å². The number of hydrogen-bond acceptors (Lipinski definition) is 3. The topological polar surface area (TPSA) is 64.4 Å². The Kier molecular flexibility index (Phi) is 5.41. The lowest BCUT2D eigenvalue weighted by molar-refractivity contribution is -0.119. The van der Waals surface area contributed by atoms with E-state index in [-0.39, 0.29) is 11.8 Å². The summed E-state index contributed by atoms with van der Waals surface area (Å²) in [7, 11) is 0. The summed E-state index contributed by atoms with van der Waals surface area (Å²) >= 11 is 0. The maximum Gasteiger partial charge on any atom is 0.228 e. The number of nitrogens with one attached hydrogen (secondary N) is 1. The molecule has 0 radical (unpaired) electrons. The average molecular weight is 276 g/mol. The fourth-order valence-corrected chi connectivity index (χ4v) is 2.52. The molecule has 1 atom stereocenters. The monoisotopic (exact) mass is 276 g/mol. The second-order valence-electron chi connectivity index (χ2n) is 5.38. The number of hydrogen-bond donors (Lipinski definition) is 2. The van der Waals surface area contributed by atoms with Gasteiger partial charge in [0.1, 0.15) is 5.75 Å². The lowest BCUT2D eigenvalue weighted by atomic mass is 10.1. The summed E-state index contributed by atoms with van der Waals surface area (Å²) in [5.74, 6) is 0.740. The van der Waals surface area contributed by atoms with E-state index < -0.39 is 0 Å². The van der Waals surface area contributed by atoms with Gasteiger partial charge < -0.3 is 15.8 Å². The maximum atomic E-state index is 11.9. The molecule has 3 N–H and O–H groups in total. The van der Waals surface area contributed by atoms with Gasteiger partial charge in [-0.25, -0.2) is 0 Å². The number of ether oxygens (including phenoxy) is 1. The van der Waals surface area contributed by atoms with Crippen LogP contribution < -0.4 is 15.8 Å². The number of nitrogens with two attached hydrogens (primary N) is 1. The van der Waals surface area contributed by atoms with E-state index in [1.807, 2.05) is 31.2 Å². The summed E-state index contributed by atoms with van der Waals surface area (Å²) in [6, 6.07) is 7.59. The second-order valence-corrected chi connectivity index (χ2v) is 5.38. The van der Waals surface area contributed by atoms with Gasteiger partial charge in [0.2, 0.25) is 5.91 Å². The molecule has 20 heavy (non-hydrogen) atoms. The van der Waals surface area contributed by atoms with Gasteiger partial charge in [-0.1, -0.05) is 6.92 Å². The molecule has 110 valence electrons. The number of amides is 1. The Hall–Kier alpha value is -1.55. The van der Waals surface area contributed by atoms with Crippen molar-refractivity contribution in [2.45, 2.75) is 45.1 Å². The van der Waals surface area contributed by atoms with Crippen LogP contribution in [0.1, 0.15) is 39.0 Å². The van der Waals surface area contributed by atoms with E-state index in [4.69, 9.17) is 10.5 Å². The molecule has 0 aliphatic heterocycles. The van der Waals surface area contributed by atoms with E-state index in [9.17, 15) is 4.79 Å². The Morgan fingerprint density at radius 3 is 2.55 bits per heavy atom. The Morgan fingerprint density at radius 2 is 2.00 bits per heavy atom. The van der Waals surface area contributed by atoms with Crippen LogP contribution in [0.4, 0.5) is 5.69 Å². The minimum Gasteiger partial charge on any atom is -0.490 e. The van der Waals surface area contributed by atoms with Crippen LogP contribution in [0.2, 0.25) is 0 Å². The molecule has 0 bridgehead atoms. The summed E-state index contributed by atoms with van der Waals surface area (Å²) in [5, 5.41) is 2.89. The number of benzene rings is 1. The van der Waals surface area contributed by atoms with Gasteiger partial charge in [0.15, 0.2) is 0 Å². The zero-order chi connectivity index (χ0) is 14.4. The molecule has 1 fully saturated rings. The molecule has 1 amide bonds. The molecule has 0 heterocycles. The molecule has 1 aliphatic carbocycles. The normalized spacial score (nSPS) is 16.9. The Balaban J connectivity index is 1.89. The fourth-order valence-electron chi connectivity index (χ4n) is 2.52. The van der Waals surface area contributed by atoms with Crippen LogP contribution in [0.5, 0.6) is 5.75 Å². The molecule has 0 saturated heterocycles. The minimum absolute atomic E-state index is 0.0144. The average Bonchev–Trinajstić information content (AvgIpc) is 2.95. The molecule has 1 unspecified atom stereocenters. The lowest BCUT2D eigenvalue weighted by Gasteiger charge is -2.15. The molecule has 0 spiro atoms. The smallest absolute Gasteiger partial charge is 0.228 e. The fraction of sp³-hybridized carbons (Fsp3) is 0.562. The summed E-state index contributed by atoms with van der Waals surface area (Å²) in [5.41, 5.74) is 6.36. The Morgan fingerprint density at radius 1 is 1.35 bits per heavy atom. The lowest BCUT2D eigenvalue weighted by Crippen LogP contribution is -2.28. The first-order chi connectivity index (χ1) is 9.72. The van der Waals surface area contributed by atoms with Gasteiger partial charge in [0.25, 0.3) is 0 Å². The summed E-state index contributed by atoms with van der Waals surface area (Å²) in [6.07, 6.45) is 5.93. The maximum absolute atomic E-state index is 11.9. The van der Waals surface area contributed by atoms with Crippen LogP contribution in [0, 0.1) is 5.92 Å². The predicted molar refractivity (Wildman–Crippen MR) is 80.8 cm³/mol. The van der Waals surface area contributed by atoms with Gasteiger partial charge in [-0.3, -0.25) is 4.79 Å². The molecule has 2 rings (SSSR count). The van der Waals surface area contributed by atoms with Crippen LogP contribution >= 0.6 is 0 Å². The zero-order valence-corrected chi connectivity index (χ0v) is 12.1. The first kappa shape index (κ1) is 14.9. The highest BCUT2D eigenvalue weighted by molar-refractivity contribution is 5.92. The van der Waals surface area contributed by atoms with E-state index in [0.29, 0.717) is 12.6 Å². The van der Waals surface area contributed by atoms with Crippen molar-refractivity contribution >= 4 is 11.6 Å². The number of carbonyl (C=O) groups is 1. The third-order valence-corrected chi connectivity index (χ3v) is 3.87.